The third-order valence-electron chi connectivity index (χ3n) is 3.97. The second kappa shape index (κ2) is 5.98. The lowest BCUT2D eigenvalue weighted by molar-refractivity contribution is -0.0820. The van der Waals surface area contributed by atoms with E-state index in [1.165, 1.54) is 11.1 Å². The highest BCUT2D eigenvalue weighted by molar-refractivity contribution is 5.25. The zero-order valence-electron chi connectivity index (χ0n) is 11.4. The van der Waals surface area contributed by atoms with Gasteiger partial charge in [-0.1, -0.05) is 29.8 Å². The van der Waals surface area contributed by atoms with Crippen LogP contribution in [-0.2, 0) is 0 Å². The van der Waals surface area contributed by atoms with Crippen molar-refractivity contribution in [1.29, 1.82) is 0 Å². The van der Waals surface area contributed by atoms with Crippen LogP contribution in [0.1, 0.15) is 42.7 Å². The van der Waals surface area contributed by atoms with E-state index in [1.54, 1.807) is 0 Å². The molecule has 0 saturated heterocycles. The van der Waals surface area contributed by atoms with Gasteiger partial charge in [-0.2, -0.15) is 13.2 Å². The smallest absolute Gasteiger partial charge is 0.212 e. The molecule has 0 unspecified atom stereocenters. The molecule has 0 aromatic heterocycles. The molecule has 4 heteroatoms. The Balaban J connectivity index is 1.96. The lowest BCUT2D eigenvalue weighted by Crippen LogP contribution is -2.15. The van der Waals surface area contributed by atoms with Gasteiger partial charge < -0.3 is 0 Å². The van der Waals surface area contributed by atoms with E-state index in [-0.39, 0.29) is 6.08 Å². The summed E-state index contributed by atoms with van der Waals surface area (Å²) in [6.07, 6.45) is -2.30. The van der Waals surface area contributed by atoms with Crippen molar-refractivity contribution >= 4 is 0 Å². The van der Waals surface area contributed by atoms with Gasteiger partial charge in [0.05, 0.1) is 6.08 Å². The highest BCUT2D eigenvalue weighted by atomic mass is 19.4. The van der Waals surface area contributed by atoms with E-state index in [9.17, 15) is 17.6 Å². The Bertz CT molecular complexity index is 462. The summed E-state index contributed by atoms with van der Waals surface area (Å²) >= 11 is 0. The maximum Gasteiger partial charge on any atom is 0.412 e. The van der Waals surface area contributed by atoms with Crippen LogP contribution in [0.5, 0.6) is 0 Å². The summed E-state index contributed by atoms with van der Waals surface area (Å²) in [5.41, 5.74) is 2.39. The van der Waals surface area contributed by atoms with E-state index in [0.717, 1.165) is 12.8 Å². The van der Waals surface area contributed by atoms with Crippen molar-refractivity contribution < 1.29 is 17.6 Å². The summed E-state index contributed by atoms with van der Waals surface area (Å²) in [4.78, 5) is 0. The van der Waals surface area contributed by atoms with Crippen molar-refractivity contribution in [2.45, 2.75) is 44.7 Å². The molecule has 1 saturated carbocycles. The zero-order valence-corrected chi connectivity index (χ0v) is 11.4. The molecule has 110 valence electrons. The average Bonchev–Trinajstić information content (AvgIpc) is 2.38. The molecular weight excluding hydrogens is 268 g/mol. The summed E-state index contributed by atoms with van der Waals surface area (Å²) in [6, 6.07) is 8.18. The molecule has 1 aromatic rings. The number of hydrogen-bond donors (Lipinski definition) is 0. The van der Waals surface area contributed by atoms with Gasteiger partial charge in [0.2, 0.25) is 0 Å². The Morgan fingerprint density at radius 2 is 1.60 bits per heavy atom. The van der Waals surface area contributed by atoms with Gasteiger partial charge in [-0.15, -0.1) is 0 Å². The minimum absolute atomic E-state index is 0.191. The maximum atomic E-state index is 13.5. The van der Waals surface area contributed by atoms with Crippen molar-refractivity contribution in [2.75, 3.05) is 0 Å². The van der Waals surface area contributed by atoms with Crippen molar-refractivity contribution in [1.82, 2.24) is 0 Å². The van der Waals surface area contributed by atoms with E-state index >= 15 is 0 Å². The zero-order chi connectivity index (χ0) is 14.8. The van der Waals surface area contributed by atoms with Crippen LogP contribution in [-0.4, -0.2) is 6.18 Å². The largest absolute Gasteiger partial charge is 0.412 e. The number of aryl methyl sites for hydroxylation is 1. The lowest BCUT2D eigenvalue weighted by atomic mass is 9.78. The van der Waals surface area contributed by atoms with Gasteiger partial charge in [0, 0.05) is 5.92 Å². The Hall–Kier alpha value is -1.32. The van der Waals surface area contributed by atoms with Crippen molar-refractivity contribution in [3.05, 3.63) is 47.3 Å². The topological polar surface area (TPSA) is 0 Å². The van der Waals surface area contributed by atoms with Gasteiger partial charge in [0.1, 0.15) is 5.83 Å². The first-order valence-corrected chi connectivity index (χ1v) is 6.86. The van der Waals surface area contributed by atoms with Gasteiger partial charge in [0.25, 0.3) is 0 Å². The number of allylic oxidation sites excluding steroid dienone is 2. The molecular formula is C16H18F4. The minimum Gasteiger partial charge on any atom is -0.212 e. The Kier molecular flexibility index (Phi) is 4.51. The van der Waals surface area contributed by atoms with Crippen molar-refractivity contribution in [3.63, 3.8) is 0 Å². The van der Waals surface area contributed by atoms with Gasteiger partial charge in [0.15, 0.2) is 0 Å². The Morgan fingerprint density at radius 1 is 1.05 bits per heavy atom. The van der Waals surface area contributed by atoms with E-state index < -0.39 is 17.9 Å². The van der Waals surface area contributed by atoms with Gasteiger partial charge in [-0.25, -0.2) is 4.39 Å². The molecule has 1 aliphatic rings. The molecule has 0 heterocycles. The fourth-order valence-electron chi connectivity index (χ4n) is 2.82. The first-order valence-electron chi connectivity index (χ1n) is 6.86. The molecule has 0 nitrogen and oxygen atoms in total. The number of rotatable bonds is 2. The second-order valence-electron chi connectivity index (χ2n) is 5.53. The highest BCUT2D eigenvalue weighted by Crippen LogP contribution is 2.39. The second-order valence-corrected chi connectivity index (χ2v) is 5.53. The Morgan fingerprint density at radius 3 is 2.10 bits per heavy atom. The van der Waals surface area contributed by atoms with Crippen LogP contribution in [0.25, 0.3) is 0 Å². The number of benzene rings is 1. The van der Waals surface area contributed by atoms with Crippen molar-refractivity contribution in [2.24, 2.45) is 5.92 Å². The molecule has 0 bridgehead atoms. The van der Waals surface area contributed by atoms with Crippen LogP contribution in [0, 0.1) is 12.8 Å². The van der Waals surface area contributed by atoms with Gasteiger partial charge >= 0.3 is 6.18 Å². The van der Waals surface area contributed by atoms with Crippen LogP contribution < -0.4 is 0 Å². The van der Waals surface area contributed by atoms with Crippen molar-refractivity contribution in [3.8, 4) is 0 Å². The molecule has 0 radical (unpaired) electrons. The molecule has 1 aromatic carbocycles. The molecule has 0 spiro atoms. The standard InChI is InChI=1S/C16H18F4/c1-11-2-4-12(5-3-11)13-6-8-14(9-7-13)15(17)10-16(18,19)20/h2-5,10,13-14H,6-9H2,1H3/b15-10-. The van der Waals surface area contributed by atoms with Gasteiger partial charge in [-0.05, 0) is 44.1 Å². The predicted octanol–water partition coefficient (Wildman–Crippen LogP) is 5.68. The molecule has 1 fully saturated rings. The monoisotopic (exact) mass is 286 g/mol. The maximum absolute atomic E-state index is 13.5. The predicted molar refractivity (Wildman–Crippen MR) is 71.1 cm³/mol. The SMILES string of the molecule is Cc1ccc(C2CCC(/C(F)=C/C(F)(F)F)CC2)cc1. The highest BCUT2D eigenvalue weighted by Gasteiger charge is 2.30. The van der Waals surface area contributed by atoms with Gasteiger partial charge in [-0.3, -0.25) is 0 Å². The molecule has 20 heavy (non-hydrogen) atoms. The molecule has 0 aliphatic heterocycles. The molecule has 2 rings (SSSR count). The Labute approximate surface area is 116 Å². The fourth-order valence-corrected chi connectivity index (χ4v) is 2.82. The van der Waals surface area contributed by atoms with E-state index in [1.807, 2.05) is 19.1 Å². The molecule has 1 aliphatic carbocycles. The molecule has 0 atom stereocenters. The van der Waals surface area contributed by atoms with E-state index in [2.05, 4.69) is 12.1 Å². The van der Waals surface area contributed by atoms with Crippen LogP contribution in [0.15, 0.2) is 36.2 Å². The van der Waals surface area contributed by atoms with Crippen LogP contribution in [0.4, 0.5) is 17.6 Å². The number of halogens is 4. The van der Waals surface area contributed by atoms with Crippen LogP contribution in [0.2, 0.25) is 0 Å². The third-order valence-corrected chi connectivity index (χ3v) is 3.97. The lowest BCUT2D eigenvalue weighted by Gasteiger charge is -2.28. The number of alkyl halides is 3. The first kappa shape index (κ1) is 15.1. The summed E-state index contributed by atoms with van der Waals surface area (Å²) in [7, 11) is 0. The van der Waals surface area contributed by atoms with Crippen LogP contribution >= 0.6 is 0 Å². The summed E-state index contributed by atoms with van der Waals surface area (Å²) < 4.78 is 49.9. The average molecular weight is 286 g/mol. The third kappa shape index (κ3) is 4.09. The minimum atomic E-state index is -4.56. The molecule has 0 amide bonds. The van der Waals surface area contributed by atoms with E-state index in [4.69, 9.17) is 0 Å². The molecule has 0 N–H and O–H groups in total. The van der Waals surface area contributed by atoms with Crippen LogP contribution in [0.3, 0.4) is 0 Å². The van der Waals surface area contributed by atoms with E-state index in [0.29, 0.717) is 18.8 Å². The number of hydrogen-bond acceptors (Lipinski definition) is 0. The fraction of sp³-hybridized carbons (Fsp3) is 0.500. The quantitative estimate of drug-likeness (QED) is 0.613. The first-order chi connectivity index (χ1) is 9.35. The normalized spacial score (nSPS) is 24.8. The summed E-state index contributed by atoms with van der Waals surface area (Å²) in [5, 5.41) is 0. The summed E-state index contributed by atoms with van der Waals surface area (Å²) in [6.45, 7) is 2.01. The summed E-state index contributed by atoms with van der Waals surface area (Å²) in [5.74, 6) is -1.25.